The third-order valence-corrected chi connectivity index (χ3v) is 6.87. The summed E-state index contributed by atoms with van der Waals surface area (Å²) in [5.74, 6) is -0.763. The molecular formula is C28H32N4O3S. The summed E-state index contributed by atoms with van der Waals surface area (Å²) < 4.78 is 1.39. The number of nitrogens with two attached hydrogens (primary N) is 1. The lowest BCUT2D eigenvalue weighted by Crippen LogP contribution is -2.53. The molecule has 0 saturated carbocycles. The van der Waals surface area contributed by atoms with Crippen molar-refractivity contribution < 1.29 is 14.4 Å². The molecule has 4 rings (SSSR count). The van der Waals surface area contributed by atoms with E-state index in [1.165, 1.54) is 15.6 Å². The average Bonchev–Trinajstić information content (AvgIpc) is 3.29. The summed E-state index contributed by atoms with van der Waals surface area (Å²) in [6, 6.07) is 20.9. The zero-order valence-electron chi connectivity index (χ0n) is 20.5. The maximum atomic E-state index is 12.4. The van der Waals surface area contributed by atoms with Crippen LogP contribution in [0.5, 0.6) is 0 Å². The standard InChI is InChI=1S/C19H24N4O3.C9H8S/c1-2-16(20)18(25)23-17(19(26)22-11-21-12-24)10-13-7-8-14-5-3-4-6-15(14)9-13;1-7-6-10-9-5-3-2-4-8(7)9/h3-9,12,16-17H,2,10-11,20H2,1H3,(H,21,24)(H,22,26)(H,23,25);2-6H,1H3/t16?,17-;/m1./s1. The number of hydrogen-bond donors (Lipinski definition) is 4. The predicted molar refractivity (Wildman–Crippen MR) is 147 cm³/mol. The first-order valence-corrected chi connectivity index (χ1v) is 12.7. The summed E-state index contributed by atoms with van der Waals surface area (Å²) in [7, 11) is 0. The second-order valence-electron chi connectivity index (χ2n) is 8.42. The fraction of sp³-hybridized carbons (Fsp3) is 0.250. The molecule has 0 spiro atoms. The fourth-order valence-corrected chi connectivity index (χ4v) is 4.63. The van der Waals surface area contributed by atoms with Gasteiger partial charge in [-0.15, -0.1) is 11.3 Å². The van der Waals surface area contributed by atoms with Crippen molar-refractivity contribution in [3.8, 4) is 0 Å². The van der Waals surface area contributed by atoms with Crippen LogP contribution in [0, 0.1) is 6.92 Å². The first-order valence-electron chi connectivity index (χ1n) is 11.8. The summed E-state index contributed by atoms with van der Waals surface area (Å²) in [5.41, 5.74) is 8.06. The van der Waals surface area contributed by atoms with E-state index in [2.05, 4.69) is 52.5 Å². The molecule has 8 heteroatoms. The molecule has 1 aromatic heterocycles. The number of rotatable bonds is 9. The predicted octanol–water partition coefficient (Wildman–Crippen LogP) is 3.63. The largest absolute Gasteiger partial charge is 0.343 e. The molecule has 0 fully saturated rings. The summed E-state index contributed by atoms with van der Waals surface area (Å²) >= 11 is 1.81. The van der Waals surface area contributed by atoms with Crippen LogP contribution in [0.4, 0.5) is 0 Å². The molecule has 0 aliphatic carbocycles. The zero-order chi connectivity index (χ0) is 25.9. The molecule has 0 aliphatic heterocycles. The van der Waals surface area contributed by atoms with Gasteiger partial charge in [0.25, 0.3) is 0 Å². The van der Waals surface area contributed by atoms with Crippen molar-refractivity contribution in [2.75, 3.05) is 6.67 Å². The number of fused-ring (bicyclic) bond motifs is 2. The zero-order valence-corrected chi connectivity index (χ0v) is 21.3. The van der Waals surface area contributed by atoms with Crippen molar-refractivity contribution in [2.24, 2.45) is 5.73 Å². The Hall–Kier alpha value is -3.75. The van der Waals surface area contributed by atoms with Gasteiger partial charge < -0.3 is 21.7 Å². The number of carbonyl (C=O) groups excluding carboxylic acids is 3. The van der Waals surface area contributed by atoms with Crippen molar-refractivity contribution in [3.63, 3.8) is 0 Å². The van der Waals surface area contributed by atoms with Gasteiger partial charge in [0.2, 0.25) is 18.2 Å². The molecule has 0 saturated heterocycles. The Balaban J connectivity index is 0.000000297. The molecule has 1 unspecified atom stereocenters. The lowest BCUT2D eigenvalue weighted by atomic mass is 10.0. The maximum absolute atomic E-state index is 12.4. The smallest absolute Gasteiger partial charge is 0.244 e. The van der Waals surface area contributed by atoms with Gasteiger partial charge in [0.15, 0.2) is 0 Å². The van der Waals surface area contributed by atoms with Gasteiger partial charge in [-0.1, -0.05) is 67.6 Å². The number of nitrogens with one attached hydrogen (secondary N) is 3. The SMILES string of the molecule is CCC(N)C(=O)N[C@H](Cc1ccc2ccccc2c1)C(=O)NCNC=O.Cc1csc2ccccc12. The first-order chi connectivity index (χ1) is 17.4. The van der Waals surface area contributed by atoms with Crippen molar-refractivity contribution in [2.45, 2.75) is 38.8 Å². The molecule has 4 aromatic rings. The average molecular weight is 505 g/mol. The normalized spacial score (nSPS) is 12.2. The van der Waals surface area contributed by atoms with E-state index in [9.17, 15) is 14.4 Å². The molecular weight excluding hydrogens is 472 g/mol. The molecule has 188 valence electrons. The van der Waals surface area contributed by atoms with Gasteiger partial charge in [-0.25, -0.2) is 0 Å². The van der Waals surface area contributed by atoms with E-state index in [1.807, 2.05) is 53.8 Å². The lowest BCUT2D eigenvalue weighted by Gasteiger charge is -2.20. The maximum Gasteiger partial charge on any atom is 0.244 e. The number of hydrogen-bond acceptors (Lipinski definition) is 5. The Morgan fingerprint density at radius 3 is 2.44 bits per heavy atom. The Labute approximate surface area is 215 Å². The number of thiophene rings is 1. The Kier molecular flexibility index (Phi) is 9.97. The van der Waals surface area contributed by atoms with E-state index in [0.717, 1.165) is 16.3 Å². The highest BCUT2D eigenvalue weighted by Crippen LogP contribution is 2.24. The molecule has 2 atom stereocenters. The van der Waals surface area contributed by atoms with Crippen LogP contribution in [0.15, 0.2) is 72.1 Å². The van der Waals surface area contributed by atoms with Crippen LogP contribution in [0.1, 0.15) is 24.5 Å². The topological polar surface area (TPSA) is 113 Å². The number of benzene rings is 3. The van der Waals surface area contributed by atoms with Crippen molar-refractivity contribution in [1.82, 2.24) is 16.0 Å². The minimum atomic E-state index is -0.783. The van der Waals surface area contributed by atoms with Gasteiger partial charge in [0.1, 0.15) is 6.04 Å². The van der Waals surface area contributed by atoms with Crippen molar-refractivity contribution >= 4 is 50.4 Å². The Morgan fingerprint density at radius 2 is 1.72 bits per heavy atom. The molecule has 3 amide bonds. The molecule has 0 radical (unpaired) electrons. The van der Waals surface area contributed by atoms with Crippen LogP contribution in [0.25, 0.3) is 20.9 Å². The van der Waals surface area contributed by atoms with E-state index < -0.39 is 12.1 Å². The fourth-order valence-electron chi connectivity index (χ4n) is 3.69. The van der Waals surface area contributed by atoms with Crippen LogP contribution < -0.4 is 21.7 Å². The van der Waals surface area contributed by atoms with Gasteiger partial charge in [-0.2, -0.15) is 0 Å². The number of aryl methyl sites for hydroxylation is 1. The Bertz CT molecular complexity index is 1320. The van der Waals surface area contributed by atoms with Crippen LogP contribution in [0.3, 0.4) is 0 Å². The minimum Gasteiger partial charge on any atom is -0.343 e. The quantitative estimate of drug-likeness (QED) is 0.158. The van der Waals surface area contributed by atoms with Crippen molar-refractivity contribution in [3.05, 3.63) is 83.2 Å². The van der Waals surface area contributed by atoms with Gasteiger partial charge in [0.05, 0.1) is 12.7 Å². The highest BCUT2D eigenvalue weighted by Gasteiger charge is 2.23. The molecule has 3 aromatic carbocycles. The van der Waals surface area contributed by atoms with Gasteiger partial charge in [0, 0.05) is 11.1 Å². The summed E-state index contributed by atoms with van der Waals surface area (Å²) in [4.78, 5) is 34.9. The molecule has 5 N–H and O–H groups in total. The van der Waals surface area contributed by atoms with Crippen LogP contribution >= 0.6 is 11.3 Å². The third kappa shape index (κ3) is 7.37. The Morgan fingerprint density at radius 1 is 1.00 bits per heavy atom. The lowest BCUT2D eigenvalue weighted by molar-refractivity contribution is -0.129. The van der Waals surface area contributed by atoms with E-state index in [4.69, 9.17) is 5.73 Å². The minimum absolute atomic E-state index is 0.00768. The van der Waals surface area contributed by atoms with Gasteiger partial charge in [-0.05, 0) is 52.1 Å². The molecule has 1 heterocycles. The van der Waals surface area contributed by atoms with Crippen LogP contribution in [-0.4, -0.2) is 37.0 Å². The summed E-state index contributed by atoms with van der Waals surface area (Å²) in [5, 5.41) is 13.4. The van der Waals surface area contributed by atoms with Gasteiger partial charge >= 0.3 is 0 Å². The first kappa shape index (κ1) is 26.8. The highest BCUT2D eigenvalue weighted by atomic mass is 32.1. The van der Waals surface area contributed by atoms with E-state index >= 15 is 0 Å². The van der Waals surface area contributed by atoms with E-state index in [-0.39, 0.29) is 18.5 Å². The molecule has 0 bridgehead atoms. The van der Waals surface area contributed by atoms with E-state index in [0.29, 0.717) is 19.3 Å². The summed E-state index contributed by atoms with van der Waals surface area (Å²) in [6.45, 7) is 3.95. The number of amides is 3. The second-order valence-corrected chi connectivity index (χ2v) is 9.33. The highest BCUT2D eigenvalue weighted by molar-refractivity contribution is 7.17. The van der Waals surface area contributed by atoms with E-state index in [1.54, 1.807) is 6.92 Å². The second kappa shape index (κ2) is 13.4. The van der Waals surface area contributed by atoms with Crippen LogP contribution in [0.2, 0.25) is 0 Å². The monoisotopic (exact) mass is 504 g/mol. The molecule has 36 heavy (non-hydrogen) atoms. The molecule has 7 nitrogen and oxygen atoms in total. The van der Waals surface area contributed by atoms with Crippen molar-refractivity contribution in [1.29, 1.82) is 0 Å². The van der Waals surface area contributed by atoms with Gasteiger partial charge in [-0.3, -0.25) is 14.4 Å². The molecule has 0 aliphatic rings. The number of carbonyl (C=O) groups is 3. The summed E-state index contributed by atoms with van der Waals surface area (Å²) in [6.07, 6.45) is 1.28. The van der Waals surface area contributed by atoms with Crippen LogP contribution in [-0.2, 0) is 20.8 Å². The third-order valence-electron chi connectivity index (χ3n) is 5.79.